The van der Waals surface area contributed by atoms with Crippen LogP contribution in [0, 0.1) is 18.8 Å². The highest BCUT2D eigenvalue weighted by Crippen LogP contribution is 2.43. The van der Waals surface area contributed by atoms with E-state index in [0.717, 1.165) is 60.5 Å². The number of nitrogens with one attached hydrogen (secondary N) is 1. The maximum Gasteiger partial charge on any atom is 0.308 e. The maximum atomic E-state index is 12.3. The summed E-state index contributed by atoms with van der Waals surface area (Å²) in [6.07, 6.45) is 8.26. The monoisotopic (exact) mass is 525 g/mol. The van der Waals surface area contributed by atoms with Gasteiger partial charge in [0.1, 0.15) is 10.6 Å². The molecule has 0 aliphatic heterocycles. The molecule has 3 aromatic heterocycles. The summed E-state index contributed by atoms with van der Waals surface area (Å²) in [6, 6.07) is 5.51. The quantitative estimate of drug-likeness (QED) is 0.264. The number of aryl methyl sites for hydroxylation is 1. The third kappa shape index (κ3) is 6.61. The fraction of sp³-hybridized carbons (Fsp3) is 0.519. The number of thiazole rings is 1. The predicted molar refractivity (Wildman–Crippen MR) is 143 cm³/mol. The van der Waals surface area contributed by atoms with Gasteiger partial charge in [-0.05, 0) is 64.0 Å². The Bertz CT molecular complexity index is 1210. The first-order valence-corrected chi connectivity index (χ1v) is 13.6. The van der Waals surface area contributed by atoms with Crippen molar-refractivity contribution in [1.29, 1.82) is 0 Å². The molecule has 1 saturated carbocycles. The molecule has 1 atom stereocenters. The van der Waals surface area contributed by atoms with E-state index in [9.17, 15) is 9.90 Å². The minimum atomic E-state index is -1.08. The molecule has 3 aromatic rings. The highest BCUT2D eigenvalue weighted by atomic mass is 32.1. The summed E-state index contributed by atoms with van der Waals surface area (Å²) in [7, 11) is 1.56. The summed E-state index contributed by atoms with van der Waals surface area (Å²) >= 11 is 1.44. The number of nitrogens with zero attached hydrogens (tertiary/aromatic N) is 4. The van der Waals surface area contributed by atoms with Crippen LogP contribution in [0.5, 0.6) is 5.88 Å². The Labute approximate surface area is 221 Å². The average molecular weight is 526 g/mol. The van der Waals surface area contributed by atoms with Crippen molar-refractivity contribution in [3.05, 3.63) is 41.3 Å². The van der Waals surface area contributed by atoms with E-state index in [1.54, 1.807) is 25.6 Å². The SMILES string of the molecule is CCCCOC(=O)C1CCC([C@](C)(O)c2ncc(-c3cc(Nc4nccc(OC)n4)cc(C)n3)s2)CC1. The highest BCUT2D eigenvalue weighted by Gasteiger charge is 2.40. The first-order chi connectivity index (χ1) is 17.8. The van der Waals surface area contributed by atoms with E-state index in [4.69, 9.17) is 9.47 Å². The second kappa shape index (κ2) is 12.0. The van der Waals surface area contributed by atoms with Crippen molar-refractivity contribution in [2.45, 2.75) is 64.9 Å². The average Bonchev–Trinajstić information content (AvgIpc) is 3.40. The van der Waals surface area contributed by atoms with Crippen molar-refractivity contribution in [2.24, 2.45) is 11.8 Å². The zero-order chi connectivity index (χ0) is 26.4. The fourth-order valence-electron chi connectivity index (χ4n) is 4.64. The van der Waals surface area contributed by atoms with Gasteiger partial charge in [-0.15, -0.1) is 11.3 Å². The molecule has 2 N–H and O–H groups in total. The lowest BCUT2D eigenvalue weighted by atomic mass is 9.74. The van der Waals surface area contributed by atoms with Gasteiger partial charge in [-0.25, -0.2) is 9.97 Å². The molecule has 0 spiro atoms. The number of rotatable bonds is 10. The van der Waals surface area contributed by atoms with Crippen molar-refractivity contribution >= 4 is 28.9 Å². The molecule has 198 valence electrons. The number of aromatic nitrogens is 4. The van der Waals surface area contributed by atoms with Crippen LogP contribution < -0.4 is 10.1 Å². The summed E-state index contributed by atoms with van der Waals surface area (Å²) in [4.78, 5) is 31.0. The maximum absolute atomic E-state index is 12.3. The number of carbonyl (C=O) groups excluding carboxylic acids is 1. The Morgan fingerprint density at radius 3 is 2.73 bits per heavy atom. The van der Waals surface area contributed by atoms with E-state index in [-0.39, 0.29) is 17.8 Å². The van der Waals surface area contributed by atoms with Crippen LogP contribution in [0.25, 0.3) is 10.6 Å². The number of methoxy groups -OCH3 is 1. The summed E-state index contributed by atoms with van der Waals surface area (Å²) in [5, 5.41) is 15.4. The number of ether oxygens (including phenoxy) is 2. The molecule has 0 bridgehead atoms. The number of hydrogen-bond donors (Lipinski definition) is 2. The van der Waals surface area contributed by atoms with E-state index < -0.39 is 5.60 Å². The first-order valence-electron chi connectivity index (χ1n) is 12.8. The largest absolute Gasteiger partial charge is 0.481 e. The van der Waals surface area contributed by atoms with Crippen molar-refractivity contribution in [3.8, 4) is 16.5 Å². The number of aliphatic hydroxyl groups is 1. The van der Waals surface area contributed by atoms with Crippen LogP contribution in [0.2, 0.25) is 0 Å². The van der Waals surface area contributed by atoms with Gasteiger partial charge < -0.3 is 19.9 Å². The molecule has 0 unspecified atom stereocenters. The third-order valence-electron chi connectivity index (χ3n) is 6.84. The van der Waals surface area contributed by atoms with Crippen LogP contribution in [0.1, 0.15) is 63.1 Å². The minimum absolute atomic E-state index is 0.0269. The summed E-state index contributed by atoms with van der Waals surface area (Å²) in [6.45, 7) is 6.32. The molecule has 37 heavy (non-hydrogen) atoms. The van der Waals surface area contributed by atoms with Crippen LogP contribution in [-0.4, -0.2) is 44.7 Å². The van der Waals surface area contributed by atoms with Gasteiger partial charge in [0, 0.05) is 29.8 Å². The number of hydrogen-bond acceptors (Lipinski definition) is 10. The highest BCUT2D eigenvalue weighted by molar-refractivity contribution is 7.15. The fourth-order valence-corrected chi connectivity index (χ4v) is 5.64. The summed E-state index contributed by atoms with van der Waals surface area (Å²) in [5.41, 5.74) is 1.29. The molecule has 0 radical (unpaired) electrons. The van der Waals surface area contributed by atoms with Crippen LogP contribution in [0.4, 0.5) is 11.6 Å². The standard InChI is InChI=1S/C27H35N5O4S/c1-5-6-13-36-24(33)18-7-9-19(10-8-18)27(3,34)25-29-16-22(37-25)21-15-20(14-17(2)30-21)31-26-28-12-11-23(32-26)35-4/h11-12,14-16,18-19,34H,5-10,13H2,1-4H3,(H,28,30,31,32)/t18?,19?,27-/m0/s1. The molecule has 1 fully saturated rings. The van der Waals surface area contributed by atoms with Crippen LogP contribution in [0.15, 0.2) is 30.6 Å². The number of pyridine rings is 1. The molecular weight excluding hydrogens is 490 g/mol. The van der Waals surface area contributed by atoms with Crippen molar-refractivity contribution < 1.29 is 19.4 Å². The van der Waals surface area contributed by atoms with E-state index in [1.807, 2.05) is 26.0 Å². The summed E-state index contributed by atoms with van der Waals surface area (Å²) in [5.74, 6) is 0.747. The molecule has 0 amide bonds. The Balaban J connectivity index is 1.44. The molecule has 4 rings (SSSR count). The van der Waals surface area contributed by atoms with Crippen molar-refractivity contribution in [1.82, 2.24) is 19.9 Å². The first kappa shape index (κ1) is 26.9. The lowest BCUT2D eigenvalue weighted by molar-refractivity contribution is -0.151. The zero-order valence-corrected chi connectivity index (χ0v) is 22.7. The predicted octanol–water partition coefficient (Wildman–Crippen LogP) is 5.41. The zero-order valence-electron chi connectivity index (χ0n) is 21.9. The number of esters is 1. The van der Waals surface area contributed by atoms with Gasteiger partial charge in [0.15, 0.2) is 0 Å². The normalized spacial score (nSPS) is 19.2. The van der Waals surface area contributed by atoms with Crippen LogP contribution in [-0.2, 0) is 15.1 Å². The van der Waals surface area contributed by atoms with Gasteiger partial charge in [-0.3, -0.25) is 9.78 Å². The minimum Gasteiger partial charge on any atom is -0.481 e. The molecule has 1 aliphatic carbocycles. The Morgan fingerprint density at radius 2 is 2.00 bits per heavy atom. The Hall–Kier alpha value is -3.11. The lowest BCUT2D eigenvalue weighted by Crippen LogP contribution is -2.36. The lowest BCUT2D eigenvalue weighted by Gasteiger charge is -2.36. The van der Waals surface area contributed by atoms with Gasteiger partial charge in [0.25, 0.3) is 0 Å². The molecule has 10 heteroatoms. The second-order valence-electron chi connectivity index (χ2n) is 9.68. The van der Waals surface area contributed by atoms with E-state index in [0.29, 0.717) is 23.4 Å². The molecule has 0 aromatic carbocycles. The van der Waals surface area contributed by atoms with Crippen LogP contribution >= 0.6 is 11.3 Å². The molecule has 1 aliphatic rings. The van der Waals surface area contributed by atoms with Crippen molar-refractivity contribution in [2.75, 3.05) is 19.0 Å². The van der Waals surface area contributed by atoms with Crippen molar-refractivity contribution in [3.63, 3.8) is 0 Å². The van der Waals surface area contributed by atoms with Gasteiger partial charge in [0.2, 0.25) is 11.8 Å². The van der Waals surface area contributed by atoms with Gasteiger partial charge in [-0.1, -0.05) is 13.3 Å². The third-order valence-corrected chi connectivity index (χ3v) is 8.08. The molecule has 3 heterocycles. The molecular formula is C27H35N5O4S. The number of carbonyl (C=O) groups is 1. The second-order valence-corrected chi connectivity index (χ2v) is 10.7. The Morgan fingerprint density at radius 1 is 1.22 bits per heavy atom. The smallest absolute Gasteiger partial charge is 0.308 e. The Kier molecular flexibility index (Phi) is 8.71. The van der Waals surface area contributed by atoms with E-state index >= 15 is 0 Å². The summed E-state index contributed by atoms with van der Waals surface area (Å²) < 4.78 is 10.6. The topological polar surface area (TPSA) is 119 Å². The van der Waals surface area contributed by atoms with Gasteiger partial charge in [0.05, 0.1) is 30.2 Å². The van der Waals surface area contributed by atoms with Gasteiger partial charge >= 0.3 is 5.97 Å². The van der Waals surface area contributed by atoms with E-state index in [1.165, 1.54) is 11.3 Å². The van der Waals surface area contributed by atoms with E-state index in [2.05, 4.69) is 32.2 Å². The number of unbranched alkanes of at least 4 members (excludes halogenated alkanes) is 1. The number of anilines is 2. The molecule has 9 nitrogen and oxygen atoms in total. The van der Waals surface area contributed by atoms with Crippen LogP contribution in [0.3, 0.4) is 0 Å². The molecule has 0 saturated heterocycles. The van der Waals surface area contributed by atoms with Gasteiger partial charge in [-0.2, -0.15) is 4.98 Å².